The highest BCUT2D eigenvalue weighted by Gasteiger charge is 2.08. The zero-order chi connectivity index (χ0) is 16.8. The average Bonchev–Trinajstić information content (AvgIpc) is 2.55. The van der Waals surface area contributed by atoms with Crippen molar-refractivity contribution in [1.29, 1.82) is 0 Å². The number of amidine groups is 1. The van der Waals surface area contributed by atoms with Gasteiger partial charge < -0.3 is 15.1 Å². The second-order valence-electron chi connectivity index (χ2n) is 4.89. The summed E-state index contributed by atoms with van der Waals surface area (Å²) in [7, 11) is 3.39. The van der Waals surface area contributed by atoms with E-state index < -0.39 is 0 Å². The summed E-state index contributed by atoms with van der Waals surface area (Å²) in [5, 5.41) is 7.32. The molecule has 23 heavy (non-hydrogen) atoms. The van der Waals surface area contributed by atoms with Crippen molar-refractivity contribution in [2.45, 2.75) is 6.92 Å². The number of rotatable bonds is 4. The smallest absolute Gasteiger partial charge is 0.255 e. The number of anilines is 2. The lowest BCUT2D eigenvalue weighted by atomic mass is 10.2. The summed E-state index contributed by atoms with van der Waals surface area (Å²) in [6.07, 6.45) is 0. The second-order valence-corrected chi connectivity index (χ2v) is 5.32. The molecule has 0 atom stereocenters. The molecule has 0 unspecified atom stereocenters. The fourth-order valence-corrected chi connectivity index (χ4v) is 2.08. The van der Waals surface area contributed by atoms with Gasteiger partial charge in [0.2, 0.25) is 0 Å². The Bertz CT molecular complexity index is 697. The molecule has 1 N–H and O–H groups in total. The average molecular weight is 332 g/mol. The highest BCUT2D eigenvalue weighted by atomic mass is 35.5. The van der Waals surface area contributed by atoms with Crippen molar-refractivity contribution in [3.8, 4) is 0 Å². The monoisotopic (exact) mass is 331 g/mol. The van der Waals surface area contributed by atoms with Crippen molar-refractivity contribution in [1.82, 2.24) is 0 Å². The van der Waals surface area contributed by atoms with Gasteiger partial charge in [-0.2, -0.15) is 0 Å². The third-order valence-electron chi connectivity index (χ3n) is 3.33. The molecule has 0 saturated heterocycles. The fourth-order valence-electron chi connectivity index (χ4n) is 1.95. The fraction of sp³-hybridized carbons (Fsp3) is 0.176. The van der Waals surface area contributed by atoms with Crippen molar-refractivity contribution in [2.75, 3.05) is 24.4 Å². The first-order valence-electron chi connectivity index (χ1n) is 6.99. The van der Waals surface area contributed by atoms with Gasteiger partial charge in [0.15, 0.2) is 0 Å². The molecule has 0 aliphatic carbocycles. The maximum Gasteiger partial charge on any atom is 0.255 e. The van der Waals surface area contributed by atoms with E-state index in [1.807, 2.05) is 43.1 Å². The van der Waals surface area contributed by atoms with E-state index in [-0.39, 0.29) is 5.91 Å². The Morgan fingerprint density at radius 3 is 2.30 bits per heavy atom. The summed E-state index contributed by atoms with van der Waals surface area (Å²) in [4.78, 5) is 18.8. The lowest BCUT2D eigenvalue weighted by Crippen LogP contribution is -2.23. The van der Waals surface area contributed by atoms with E-state index in [1.54, 1.807) is 24.3 Å². The molecule has 0 spiro atoms. The molecule has 0 heterocycles. The van der Waals surface area contributed by atoms with E-state index >= 15 is 0 Å². The molecule has 2 rings (SSSR count). The number of nitrogens with zero attached hydrogens (tertiary/aromatic N) is 2. The topological polar surface area (TPSA) is 53.9 Å². The van der Waals surface area contributed by atoms with Gasteiger partial charge in [0.25, 0.3) is 5.91 Å². The zero-order valence-electron chi connectivity index (χ0n) is 13.2. The van der Waals surface area contributed by atoms with Gasteiger partial charge in [-0.3, -0.25) is 4.79 Å². The van der Waals surface area contributed by atoms with Gasteiger partial charge >= 0.3 is 0 Å². The first-order valence-corrected chi connectivity index (χ1v) is 7.37. The first kappa shape index (κ1) is 16.8. The van der Waals surface area contributed by atoms with Crippen LogP contribution in [0, 0.1) is 0 Å². The maximum atomic E-state index is 12.1. The molecule has 0 aliphatic rings. The van der Waals surface area contributed by atoms with Crippen LogP contribution in [0.4, 0.5) is 11.4 Å². The molecule has 6 heteroatoms. The largest absolute Gasteiger partial charge is 0.398 e. The Hall–Kier alpha value is -2.53. The molecule has 0 aliphatic heterocycles. The quantitative estimate of drug-likeness (QED) is 0.523. The van der Waals surface area contributed by atoms with Crippen LogP contribution in [-0.2, 0) is 4.84 Å². The van der Waals surface area contributed by atoms with Gasteiger partial charge in [-0.15, -0.1) is 0 Å². The first-order chi connectivity index (χ1) is 11.0. The number of amides is 1. The summed E-state index contributed by atoms with van der Waals surface area (Å²) in [6, 6.07) is 14.2. The van der Waals surface area contributed by atoms with Crippen molar-refractivity contribution in [3.05, 3.63) is 59.1 Å². The number of oxime groups is 1. The van der Waals surface area contributed by atoms with Gasteiger partial charge in [-0.1, -0.05) is 16.8 Å². The van der Waals surface area contributed by atoms with Gasteiger partial charge in [0.1, 0.15) is 12.9 Å². The molecule has 2 aromatic carbocycles. The van der Waals surface area contributed by atoms with Crippen LogP contribution in [-0.4, -0.2) is 25.9 Å². The van der Waals surface area contributed by atoms with Crippen LogP contribution >= 0.6 is 11.6 Å². The highest BCUT2D eigenvalue weighted by molar-refractivity contribution is 6.30. The Morgan fingerprint density at radius 1 is 1.13 bits per heavy atom. The number of hydrogen-bond acceptors (Lipinski definition) is 3. The van der Waals surface area contributed by atoms with E-state index in [0.29, 0.717) is 16.3 Å². The van der Waals surface area contributed by atoms with Crippen LogP contribution < -0.4 is 10.2 Å². The molecular formula is C17H18ClN3O2. The molecule has 0 saturated carbocycles. The third-order valence-corrected chi connectivity index (χ3v) is 3.58. The Balaban J connectivity index is 2.06. The molecule has 2 aromatic rings. The van der Waals surface area contributed by atoms with Crippen molar-refractivity contribution in [3.63, 3.8) is 0 Å². The lowest BCUT2D eigenvalue weighted by Gasteiger charge is -2.18. The van der Waals surface area contributed by atoms with Crippen LogP contribution in [0.15, 0.2) is 53.7 Å². The minimum absolute atomic E-state index is 0.181. The second kappa shape index (κ2) is 7.65. The molecular weight excluding hydrogens is 314 g/mol. The lowest BCUT2D eigenvalue weighted by molar-refractivity contribution is 0.102. The van der Waals surface area contributed by atoms with Crippen LogP contribution in [0.5, 0.6) is 0 Å². The third kappa shape index (κ3) is 4.47. The number of nitrogens with one attached hydrogen (secondary N) is 1. The number of hydrogen-bond donors (Lipinski definition) is 1. The standard InChI is InChI=1S/C17H18ClN3O2/c1-12(20-23-3)21(2)16-10-8-15(9-11-16)19-17(22)13-4-6-14(18)7-5-13/h4-11H,1-3H3,(H,19,22). The van der Waals surface area contributed by atoms with Gasteiger partial charge in [-0.05, 0) is 55.5 Å². The number of carbonyl (C=O) groups excluding carboxylic acids is 1. The molecule has 1 amide bonds. The number of carbonyl (C=O) groups is 1. The van der Waals surface area contributed by atoms with Crippen LogP contribution in [0.1, 0.15) is 17.3 Å². The summed E-state index contributed by atoms with van der Waals surface area (Å²) in [5.41, 5.74) is 2.20. The predicted octanol–water partition coefficient (Wildman–Crippen LogP) is 4.01. The van der Waals surface area contributed by atoms with Crippen LogP contribution in [0.25, 0.3) is 0 Å². The molecule has 0 aromatic heterocycles. The van der Waals surface area contributed by atoms with Crippen molar-refractivity contribution < 1.29 is 9.63 Å². The van der Waals surface area contributed by atoms with E-state index in [1.165, 1.54) is 7.11 Å². The molecule has 0 radical (unpaired) electrons. The molecule has 0 fully saturated rings. The predicted molar refractivity (Wildman–Crippen MR) is 94.4 cm³/mol. The number of benzene rings is 2. The Kier molecular flexibility index (Phi) is 5.60. The van der Waals surface area contributed by atoms with E-state index in [4.69, 9.17) is 16.4 Å². The highest BCUT2D eigenvalue weighted by Crippen LogP contribution is 2.18. The number of halogens is 1. The minimum Gasteiger partial charge on any atom is -0.398 e. The van der Waals surface area contributed by atoms with Gasteiger partial charge in [0, 0.05) is 29.0 Å². The van der Waals surface area contributed by atoms with Crippen molar-refractivity contribution in [2.24, 2.45) is 5.16 Å². The molecule has 0 bridgehead atoms. The van der Waals surface area contributed by atoms with E-state index in [0.717, 1.165) is 11.5 Å². The molecule has 5 nitrogen and oxygen atoms in total. The van der Waals surface area contributed by atoms with Gasteiger partial charge in [-0.25, -0.2) is 0 Å². The minimum atomic E-state index is -0.181. The maximum absolute atomic E-state index is 12.1. The van der Waals surface area contributed by atoms with E-state index in [2.05, 4.69) is 10.5 Å². The van der Waals surface area contributed by atoms with Crippen LogP contribution in [0.3, 0.4) is 0 Å². The Labute approximate surface area is 140 Å². The summed E-state index contributed by atoms with van der Waals surface area (Å²) < 4.78 is 0. The SMILES string of the molecule is CON=C(C)N(C)c1ccc(NC(=O)c2ccc(Cl)cc2)cc1. The summed E-state index contributed by atoms with van der Waals surface area (Å²) in [5.74, 6) is 0.547. The van der Waals surface area contributed by atoms with Crippen LogP contribution in [0.2, 0.25) is 5.02 Å². The van der Waals surface area contributed by atoms with Crippen molar-refractivity contribution >= 4 is 34.7 Å². The summed E-state index contributed by atoms with van der Waals surface area (Å²) in [6.45, 7) is 1.85. The van der Waals surface area contributed by atoms with E-state index in [9.17, 15) is 4.79 Å². The van der Waals surface area contributed by atoms with Gasteiger partial charge in [0.05, 0.1) is 0 Å². The normalized spacial score (nSPS) is 11.0. The Morgan fingerprint density at radius 2 is 1.74 bits per heavy atom. The zero-order valence-corrected chi connectivity index (χ0v) is 14.0. The molecule has 120 valence electrons. The summed E-state index contributed by atoms with van der Waals surface area (Å²) >= 11 is 5.82.